The smallest absolute Gasteiger partial charge is 0.550 e. The average molecular weight is 221 g/mol. The van der Waals surface area contributed by atoms with E-state index in [2.05, 4.69) is 6.92 Å². The Morgan fingerprint density at radius 3 is 2.33 bits per heavy atom. The third-order valence-electron chi connectivity index (χ3n) is 1.89. The van der Waals surface area contributed by atoms with Crippen LogP contribution in [0.15, 0.2) is 0 Å². The molecule has 0 amide bonds. The molecule has 0 saturated heterocycles. The Labute approximate surface area is 85.2 Å². The summed E-state index contributed by atoms with van der Waals surface area (Å²) >= 11 is 0. The zero-order chi connectivity index (χ0) is 8.69. The van der Waals surface area contributed by atoms with Crippen LogP contribution in [0.4, 0.5) is 0 Å². The van der Waals surface area contributed by atoms with Gasteiger partial charge >= 0.3 is 17.1 Å². The predicted molar refractivity (Wildman–Crippen MR) is 42.9 cm³/mol. The molecule has 0 aliphatic heterocycles. The van der Waals surface area contributed by atoms with Crippen LogP contribution in [0.5, 0.6) is 0 Å². The van der Waals surface area contributed by atoms with Crippen LogP contribution >= 0.6 is 0 Å². The van der Waals surface area contributed by atoms with Gasteiger partial charge in [-0.3, -0.25) is 0 Å². The molecule has 0 fully saturated rings. The summed E-state index contributed by atoms with van der Waals surface area (Å²) in [5.74, 6) is -1.19. The fourth-order valence-corrected chi connectivity index (χ4v) is 0.995. The number of carbonyl (C=O) groups is 1. The number of carboxylic acid groups (broad SMARTS) is 1. The van der Waals surface area contributed by atoms with E-state index in [1.807, 2.05) is 0 Å². The van der Waals surface area contributed by atoms with E-state index in [-0.39, 0.29) is 23.0 Å². The molecule has 76 valence electrons. The largest absolute Gasteiger partial charge is 1.00 e. The molecule has 0 aromatic heterocycles. The molecule has 0 aromatic carbocycles. The van der Waals surface area contributed by atoms with Crippen molar-refractivity contribution in [1.29, 1.82) is 0 Å². The number of carboxylic acids is 1. The van der Waals surface area contributed by atoms with E-state index < -0.39 is 5.97 Å². The van der Waals surface area contributed by atoms with E-state index in [0.29, 0.717) is 0 Å². The van der Waals surface area contributed by atoms with Crippen molar-refractivity contribution in [2.24, 2.45) is 5.92 Å². The molecule has 0 saturated carbocycles. The van der Waals surface area contributed by atoms with Gasteiger partial charge in [0.2, 0.25) is 0 Å². The molecule has 12 heavy (non-hydrogen) atoms. The maximum absolute atomic E-state index is 10.3. The molecule has 0 aromatic rings. The second kappa shape index (κ2) is 9.08. The first-order chi connectivity index (χ1) is 5.18. The van der Waals surface area contributed by atoms with Gasteiger partial charge in [0.05, 0.1) is 0 Å². The SMILES string of the molecule is CCCCCCC(C)C(=O)[O-].[Cu+]. The quantitative estimate of drug-likeness (QED) is 0.501. The van der Waals surface area contributed by atoms with Crippen molar-refractivity contribution in [3.63, 3.8) is 0 Å². The first-order valence-electron chi connectivity index (χ1n) is 4.39. The molecule has 0 spiro atoms. The van der Waals surface area contributed by atoms with E-state index >= 15 is 0 Å². The molecule has 3 heteroatoms. The Morgan fingerprint density at radius 1 is 1.33 bits per heavy atom. The molecule has 0 aliphatic carbocycles. The molecule has 0 radical (unpaired) electrons. The fourth-order valence-electron chi connectivity index (χ4n) is 0.995. The van der Waals surface area contributed by atoms with Gasteiger partial charge in [0.25, 0.3) is 0 Å². The summed E-state index contributed by atoms with van der Waals surface area (Å²) in [4.78, 5) is 10.3. The van der Waals surface area contributed by atoms with Crippen molar-refractivity contribution in [2.45, 2.75) is 46.0 Å². The van der Waals surface area contributed by atoms with Crippen LogP contribution in [-0.4, -0.2) is 5.97 Å². The van der Waals surface area contributed by atoms with Crippen molar-refractivity contribution in [3.05, 3.63) is 0 Å². The Morgan fingerprint density at radius 2 is 1.92 bits per heavy atom. The van der Waals surface area contributed by atoms with Crippen molar-refractivity contribution in [1.82, 2.24) is 0 Å². The molecule has 1 unspecified atom stereocenters. The van der Waals surface area contributed by atoms with Gasteiger partial charge in [-0.25, -0.2) is 0 Å². The minimum Gasteiger partial charge on any atom is -0.550 e. The molecule has 0 heterocycles. The van der Waals surface area contributed by atoms with E-state index in [1.165, 1.54) is 12.8 Å². The number of aliphatic carboxylic acids is 1. The minimum absolute atomic E-state index is 0. The van der Waals surface area contributed by atoms with Gasteiger partial charge in [-0.1, -0.05) is 39.5 Å². The van der Waals surface area contributed by atoms with E-state index in [4.69, 9.17) is 0 Å². The van der Waals surface area contributed by atoms with E-state index in [9.17, 15) is 9.90 Å². The molecule has 0 rings (SSSR count). The minimum atomic E-state index is -0.915. The van der Waals surface area contributed by atoms with Crippen molar-refractivity contribution < 1.29 is 27.0 Å². The molecule has 2 nitrogen and oxygen atoms in total. The fraction of sp³-hybridized carbons (Fsp3) is 0.889. The van der Waals surface area contributed by atoms with Gasteiger partial charge < -0.3 is 9.90 Å². The summed E-state index contributed by atoms with van der Waals surface area (Å²) in [5.41, 5.74) is 0. The first kappa shape index (κ1) is 14.5. The van der Waals surface area contributed by atoms with Crippen molar-refractivity contribution >= 4 is 5.97 Å². The Kier molecular flexibility index (Phi) is 11.0. The van der Waals surface area contributed by atoms with Crippen LogP contribution in [0.3, 0.4) is 0 Å². The van der Waals surface area contributed by atoms with Gasteiger partial charge in [0.1, 0.15) is 0 Å². The van der Waals surface area contributed by atoms with Crippen LogP contribution in [0.1, 0.15) is 46.0 Å². The molecule has 0 bridgehead atoms. The van der Waals surface area contributed by atoms with Crippen molar-refractivity contribution in [3.8, 4) is 0 Å². The number of unbranched alkanes of at least 4 members (excludes halogenated alkanes) is 3. The summed E-state index contributed by atoms with van der Waals surface area (Å²) < 4.78 is 0. The van der Waals surface area contributed by atoms with Crippen molar-refractivity contribution in [2.75, 3.05) is 0 Å². The van der Waals surface area contributed by atoms with Crippen LogP contribution in [0.25, 0.3) is 0 Å². The van der Waals surface area contributed by atoms with E-state index in [0.717, 1.165) is 19.3 Å². The maximum Gasteiger partial charge on any atom is 1.00 e. The summed E-state index contributed by atoms with van der Waals surface area (Å²) in [6.07, 6.45) is 5.33. The third kappa shape index (κ3) is 8.09. The van der Waals surface area contributed by atoms with Crippen LogP contribution in [0.2, 0.25) is 0 Å². The second-order valence-corrected chi connectivity index (χ2v) is 3.07. The van der Waals surface area contributed by atoms with Crippen LogP contribution in [-0.2, 0) is 21.9 Å². The normalized spacial score (nSPS) is 11.8. The summed E-state index contributed by atoms with van der Waals surface area (Å²) in [5, 5.41) is 10.3. The molecule has 1 atom stereocenters. The average Bonchev–Trinajstić information content (AvgIpc) is 1.97. The Hall–Kier alpha value is -0.0105. The maximum atomic E-state index is 10.3. The Bertz CT molecular complexity index is 115. The van der Waals surface area contributed by atoms with Gasteiger partial charge in [-0.2, -0.15) is 0 Å². The number of carbonyl (C=O) groups excluding carboxylic acids is 1. The molecular weight excluding hydrogens is 204 g/mol. The predicted octanol–water partition coefficient (Wildman–Crippen LogP) is 1.34. The second-order valence-electron chi connectivity index (χ2n) is 3.07. The van der Waals surface area contributed by atoms with Gasteiger partial charge in [-0.05, 0) is 12.3 Å². The Balaban J connectivity index is 0. The summed E-state index contributed by atoms with van der Waals surface area (Å²) in [7, 11) is 0. The van der Waals surface area contributed by atoms with Crippen LogP contribution < -0.4 is 5.11 Å². The van der Waals surface area contributed by atoms with Gasteiger partial charge in [-0.15, -0.1) is 0 Å². The third-order valence-corrected chi connectivity index (χ3v) is 1.89. The van der Waals surface area contributed by atoms with E-state index in [1.54, 1.807) is 6.92 Å². The number of rotatable bonds is 6. The van der Waals surface area contributed by atoms with Crippen LogP contribution in [0, 0.1) is 5.92 Å². The zero-order valence-electron chi connectivity index (χ0n) is 7.73. The molecule has 0 aliphatic rings. The standard InChI is InChI=1S/C9H18O2.Cu/c1-3-4-5-6-7-8(2)9(10)11;/h8H,3-7H2,1-2H3,(H,10,11);/q;+1/p-1. The first-order valence-corrected chi connectivity index (χ1v) is 4.39. The molecular formula is C9H17CuO2. The zero-order valence-corrected chi connectivity index (χ0v) is 8.67. The topological polar surface area (TPSA) is 40.1 Å². The molecule has 0 N–H and O–H groups in total. The monoisotopic (exact) mass is 220 g/mol. The number of hydrogen-bond acceptors (Lipinski definition) is 2. The summed E-state index contributed by atoms with van der Waals surface area (Å²) in [6, 6.07) is 0. The van der Waals surface area contributed by atoms with Gasteiger partial charge in [0.15, 0.2) is 0 Å². The van der Waals surface area contributed by atoms with Gasteiger partial charge in [0, 0.05) is 5.97 Å². The number of hydrogen-bond donors (Lipinski definition) is 0. The summed E-state index contributed by atoms with van der Waals surface area (Å²) in [6.45, 7) is 3.85.